The molecule has 0 amide bonds. The van der Waals surface area contributed by atoms with Crippen molar-refractivity contribution < 1.29 is 14.3 Å². The zero-order valence-electron chi connectivity index (χ0n) is 14.9. The second-order valence-electron chi connectivity index (χ2n) is 6.15. The lowest BCUT2D eigenvalue weighted by molar-refractivity contribution is 0.102. The second kappa shape index (κ2) is 8.16. The Morgan fingerprint density at radius 1 is 1.52 bits per heavy atom. The highest BCUT2D eigenvalue weighted by atomic mass is 32.2. The van der Waals surface area contributed by atoms with Crippen molar-refractivity contribution in [2.75, 3.05) is 26.1 Å². The predicted molar refractivity (Wildman–Crippen MR) is 95.1 cm³/mol. The number of Topliss-reactive ketones (excluding diaryl/α,β-unsaturated/α-hetero) is 1. The van der Waals surface area contributed by atoms with Gasteiger partial charge in [-0.25, -0.2) is 4.98 Å². The van der Waals surface area contributed by atoms with Crippen molar-refractivity contribution in [3.63, 3.8) is 0 Å². The number of carbonyl (C=O) groups is 1. The van der Waals surface area contributed by atoms with Crippen LogP contribution in [0.3, 0.4) is 0 Å². The molecule has 0 saturated carbocycles. The molecule has 1 fully saturated rings. The zero-order chi connectivity index (χ0) is 17.8. The lowest BCUT2D eigenvalue weighted by Crippen LogP contribution is -2.09. The van der Waals surface area contributed by atoms with E-state index in [4.69, 9.17) is 9.47 Å². The van der Waals surface area contributed by atoms with Crippen molar-refractivity contribution >= 4 is 17.5 Å². The van der Waals surface area contributed by atoms with E-state index in [1.54, 1.807) is 7.11 Å². The van der Waals surface area contributed by atoms with E-state index in [9.17, 15) is 4.79 Å². The molecule has 0 bridgehead atoms. The summed E-state index contributed by atoms with van der Waals surface area (Å²) in [6, 6.07) is 1.95. The van der Waals surface area contributed by atoms with Gasteiger partial charge in [-0.15, -0.1) is 5.10 Å². The van der Waals surface area contributed by atoms with Gasteiger partial charge in [-0.3, -0.25) is 9.89 Å². The molecule has 1 aliphatic heterocycles. The molecule has 0 aliphatic carbocycles. The van der Waals surface area contributed by atoms with Crippen LogP contribution in [0.25, 0.3) is 0 Å². The van der Waals surface area contributed by atoms with Crippen molar-refractivity contribution in [1.82, 2.24) is 19.7 Å². The highest BCUT2D eigenvalue weighted by molar-refractivity contribution is 7.99. The van der Waals surface area contributed by atoms with Crippen LogP contribution < -0.4 is 0 Å². The highest BCUT2D eigenvalue weighted by Gasteiger charge is 2.22. The van der Waals surface area contributed by atoms with Crippen molar-refractivity contribution in [2.45, 2.75) is 44.5 Å². The number of rotatable bonds is 8. The minimum Gasteiger partial charge on any atom is -0.383 e. The summed E-state index contributed by atoms with van der Waals surface area (Å²) in [7, 11) is 1.68. The Hall–Kier alpha value is -1.64. The van der Waals surface area contributed by atoms with E-state index >= 15 is 0 Å². The minimum absolute atomic E-state index is 0.0114. The fourth-order valence-corrected chi connectivity index (χ4v) is 3.77. The molecule has 136 valence electrons. The summed E-state index contributed by atoms with van der Waals surface area (Å²) in [5, 5.41) is 7.70. The molecule has 1 aliphatic rings. The highest BCUT2D eigenvalue weighted by Crippen LogP contribution is 2.27. The average Bonchev–Trinajstić information content (AvgIpc) is 3.32. The number of ketones is 1. The van der Waals surface area contributed by atoms with Crippen molar-refractivity contribution in [3.8, 4) is 0 Å². The smallest absolute Gasteiger partial charge is 0.208 e. The van der Waals surface area contributed by atoms with E-state index in [2.05, 4.69) is 19.7 Å². The molecule has 0 unspecified atom stereocenters. The van der Waals surface area contributed by atoms with Gasteiger partial charge < -0.3 is 14.0 Å². The summed E-state index contributed by atoms with van der Waals surface area (Å²) >= 11 is 1.35. The van der Waals surface area contributed by atoms with Crippen LogP contribution in [0.5, 0.6) is 0 Å². The van der Waals surface area contributed by atoms with Gasteiger partial charge in [0.2, 0.25) is 5.16 Å². The van der Waals surface area contributed by atoms with Crippen LogP contribution in [-0.2, 0) is 16.0 Å². The molecule has 2 aromatic rings. The summed E-state index contributed by atoms with van der Waals surface area (Å²) in [5.74, 6) is 1.16. The van der Waals surface area contributed by atoms with Gasteiger partial charge in [0.15, 0.2) is 11.6 Å². The lowest BCUT2D eigenvalue weighted by atomic mass is 10.2. The van der Waals surface area contributed by atoms with E-state index in [0.29, 0.717) is 17.5 Å². The van der Waals surface area contributed by atoms with Gasteiger partial charge in [0.1, 0.15) is 6.10 Å². The minimum atomic E-state index is 0.0114. The van der Waals surface area contributed by atoms with Crippen molar-refractivity contribution in [2.24, 2.45) is 0 Å². The SMILES string of the molecule is COCCn1c(C)cc(C(=O)CSc2n[nH]c([C@@H]3CCCO3)n2)c1C. The van der Waals surface area contributed by atoms with Crippen LogP contribution in [0.2, 0.25) is 0 Å². The maximum atomic E-state index is 12.6. The van der Waals surface area contributed by atoms with Crippen molar-refractivity contribution in [3.05, 3.63) is 28.8 Å². The third-order valence-electron chi connectivity index (χ3n) is 4.44. The molecule has 0 radical (unpaired) electrons. The fraction of sp³-hybridized carbons (Fsp3) is 0.588. The molecule has 3 rings (SSSR count). The number of nitrogens with zero attached hydrogens (tertiary/aromatic N) is 3. The summed E-state index contributed by atoms with van der Waals surface area (Å²) in [6.45, 7) is 6.13. The summed E-state index contributed by atoms with van der Waals surface area (Å²) in [6.07, 6.45) is 2.02. The number of H-pyrrole nitrogens is 1. The molecule has 25 heavy (non-hydrogen) atoms. The third-order valence-corrected chi connectivity index (χ3v) is 5.29. The normalized spacial score (nSPS) is 17.3. The first-order chi connectivity index (χ1) is 12.1. The maximum Gasteiger partial charge on any atom is 0.208 e. The molecule has 2 aromatic heterocycles. The molecule has 8 heteroatoms. The Balaban J connectivity index is 1.61. The van der Waals surface area contributed by atoms with E-state index < -0.39 is 0 Å². The topological polar surface area (TPSA) is 82.0 Å². The number of methoxy groups -OCH3 is 1. The van der Waals surface area contributed by atoms with Gasteiger partial charge >= 0.3 is 0 Å². The third kappa shape index (κ3) is 4.13. The van der Waals surface area contributed by atoms with Gasteiger partial charge in [-0.2, -0.15) is 0 Å². The van der Waals surface area contributed by atoms with E-state index in [0.717, 1.165) is 48.8 Å². The maximum absolute atomic E-state index is 12.6. The number of aromatic amines is 1. The number of thioether (sulfide) groups is 1. The average molecular weight is 364 g/mol. The van der Waals surface area contributed by atoms with Crippen LogP contribution in [0.4, 0.5) is 0 Å². The first-order valence-electron chi connectivity index (χ1n) is 8.45. The number of aromatic nitrogens is 4. The zero-order valence-corrected chi connectivity index (χ0v) is 15.7. The molecule has 3 heterocycles. The number of hydrogen-bond donors (Lipinski definition) is 1. The Bertz CT molecular complexity index is 734. The predicted octanol–water partition coefficient (Wildman–Crippen LogP) is 2.70. The van der Waals surface area contributed by atoms with Gasteiger partial charge in [0.25, 0.3) is 0 Å². The molecule has 1 atom stereocenters. The standard InChI is InChI=1S/C17H24N4O3S/c1-11-9-13(12(2)21(11)6-8-23-3)14(22)10-25-17-18-16(19-20-17)15-5-4-7-24-15/h9,15H,4-8,10H2,1-3H3,(H,18,19,20)/t15-/m0/s1. The van der Waals surface area contributed by atoms with Crippen LogP contribution in [-0.4, -0.2) is 51.6 Å². The largest absolute Gasteiger partial charge is 0.383 e. The van der Waals surface area contributed by atoms with Gasteiger partial charge in [-0.05, 0) is 32.8 Å². The first kappa shape index (κ1) is 18.2. The Kier molecular flexibility index (Phi) is 5.93. The van der Waals surface area contributed by atoms with Crippen LogP contribution in [0.15, 0.2) is 11.2 Å². The van der Waals surface area contributed by atoms with Crippen molar-refractivity contribution in [1.29, 1.82) is 0 Å². The number of carbonyl (C=O) groups excluding carboxylic acids is 1. The quantitative estimate of drug-likeness (QED) is 0.573. The first-order valence-corrected chi connectivity index (χ1v) is 9.44. The van der Waals surface area contributed by atoms with E-state index in [1.807, 2.05) is 19.9 Å². The molecule has 1 N–H and O–H groups in total. The van der Waals surface area contributed by atoms with Crippen LogP contribution in [0.1, 0.15) is 46.5 Å². The van der Waals surface area contributed by atoms with E-state index in [1.165, 1.54) is 11.8 Å². The van der Waals surface area contributed by atoms with Gasteiger partial charge in [-0.1, -0.05) is 11.8 Å². The molecule has 7 nitrogen and oxygen atoms in total. The fourth-order valence-electron chi connectivity index (χ4n) is 3.08. The van der Waals surface area contributed by atoms with Gasteiger partial charge in [0, 0.05) is 37.2 Å². The summed E-state index contributed by atoms with van der Waals surface area (Å²) < 4.78 is 12.8. The second-order valence-corrected chi connectivity index (χ2v) is 7.09. The number of ether oxygens (including phenoxy) is 2. The molecule has 0 spiro atoms. The summed E-state index contributed by atoms with van der Waals surface area (Å²) in [5.41, 5.74) is 2.81. The monoisotopic (exact) mass is 364 g/mol. The lowest BCUT2D eigenvalue weighted by Gasteiger charge is -2.08. The number of nitrogens with one attached hydrogen (secondary N) is 1. The molecule has 0 aromatic carbocycles. The number of hydrogen-bond acceptors (Lipinski definition) is 6. The van der Waals surface area contributed by atoms with Gasteiger partial charge in [0.05, 0.1) is 12.4 Å². The summed E-state index contributed by atoms with van der Waals surface area (Å²) in [4.78, 5) is 17.0. The Morgan fingerprint density at radius 3 is 3.08 bits per heavy atom. The molecule has 1 saturated heterocycles. The molecular weight excluding hydrogens is 340 g/mol. The number of aryl methyl sites for hydroxylation is 1. The van der Waals surface area contributed by atoms with Crippen LogP contribution in [0, 0.1) is 13.8 Å². The Morgan fingerprint density at radius 2 is 2.36 bits per heavy atom. The molecular formula is C17H24N4O3S. The van der Waals surface area contributed by atoms with Crippen LogP contribution >= 0.6 is 11.8 Å². The van der Waals surface area contributed by atoms with E-state index in [-0.39, 0.29) is 11.9 Å². The Labute approximate surface area is 151 Å².